The summed E-state index contributed by atoms with van der Waals surface area (Å²) in [7, 11) is 0. The Bertz CT molecular complexity index is 1050. The lowest BCUT2D eigenvalue weighted by molar-refractivity contribution is -0.117. The van der Waals surface area contributed by atoms with E-state index in [0.29, 0.717) is 22.8 Å². The van der Waals surface area contributed by atoms with Crippen molar-refractivity contribution < 1.29 is 9.59 Å². The van der Waals surface area contributed by atoms with Crippen LogP contribution in [0.1, 0.15) is 15.2 Å². The largest absolute Gasteiger partial charge is 0.325 e. The molecule has 0 unspecified atom stereocenters. The van der Waals surface area contributed by atoms with Crippen molar-refractivity contribution in [3.63, 3.8) is 0 Å². The summed E-state index contributed by atoms with van der Waals surface area (Å²) in [6, 6.07) is 18.7. The van der Waals surface area contributed by atoms with Crippen molar-refractivity contribution in [2.45, 2.75) is 6.54 Å². The predicted molar refractivity (Wildman–Crippen MR) is 131 cm³/mol. The van der Waals surface area contributed by atoms with Crippen molar-refractivity contribution in [2.75, 3.05) is 43.4 Å². The van der Waals surface area contributed by atoms with E-state index >= 15 is 0 Å². The van der Waals surface area contributed by atoms with Gasteiger partial charge >= 0.3 is 0 Å². The highest BCUT2D eigenvalue weighted by atomic mass is 35.5. The highest BCUT2D eigenvalue weighted by Crippen LogP contribution is 2.17. The summed E-state index contributed by atoms with van der Waals surface area (Å²) in [4.78, 5) is 29.8. The van der Waals surface area contributed by atoms with Gasteiger partial charge < -0.3 is 10.6 Å². The van der Waals surface area contributed by atoms with Crippen LogP contribution in [-0.2, 0) is 11.3 Å². The van der Waals surface area contributed by atoms with E-state index in [1.54, 1.807) is 30.3 Å². The van der Waals surface area contributed by atoms with E-state index in [0.717, 1.165) is 37.7 Å². The lowest BCUT2D eigenvalue weighted by atomic mass is 10.2. The first-order chi connectivity index (χ1) is 15.5. The van der Waals surface area contributed by atoms with Gasteiger partial charge in [0.15, 0.2) is 0 Å². The quantitative estimate of drug-likeness (QED) is 0.539. The zero-order chi connectivity index (χ0) is 22.3. The second kappa shape index (κ2) is 10.7. The third-order valence-electron chi connectivity index (χ3n) is 5.30. The minimum atomic E-state index is -0.133. The summed E-state index contributed by atoms with van der Waals surface area (Å²) in [5, 5.41) is 8.42. The molecule has 8 heteroatoms. The molecule has 1 aliphatic rings. The number of piperazine rings is 1. The molecule has 0 saturated carbocycles. The predicted octanol–water partition coefficient (Wildman–Crippen LogP) is 4.41. The minimum absolute atomic E-state index is 0.0383. The fourth-order valence-corrected chi connectivity index (χ4v) is 4.47. The van der Waals surface area contributed by atoms with Gasteiger partial charge in [0.25, 0.3) is 5.91 Å². The van der Waals surface area contributed by atoms with Gasteiger partial charge in [0, 0.05) is 49.1 Å². The maximum Gasteiger partial charge on any atom is 0.265 e. The van der Waals surface area contributed by atoms with Crippen LogP contribution in [-0.4, -0.2) is 54.3 Å². The second-order valence-electron chi connectivity index (χ2n) is 7.74. The molecule has 0 spiro atoms. The lowest BCUT2D eigenvalue weighted by Crippen LogP contribution is -2.48. The van der Waals surface area contributed by atoms with Crippen molar-refractivity contribution >= 4 is 46.1 Å². The average molecular weight is 469 g/mol. The minimum Gasteiger partial charge on any atom is -0.325 e. The molecule has 1 saturated heterocycles. The number of rotatable bonds is 7. The van der Waals surface area contributed by atoms with Crippen LogP contribution < -0.4 is 10.6 Å². The molecule has 2 aromatic carbocycles. The molecule has 6 nitrogen and oxygen atoms in total. The van der Waals surface area contributed by atoms with Gasteiger partial charge in [0.05, 0.1) is 11.4 Å². The van der Waals surface area contributed by atoms with Crippen LogP contribution in [0.4, 0.5) is 11.4 Å². The van der Waals surface area contributed by atoms with Gasteiger partial charge in [-0.25, -0.2) is 0 Å². The Balaban J connectivity index is 1.20. The van der Waals surface area contributed by atoms with Crippen LogP contribution in [0.3, 0.4) is 0 Å². The molecule has 0 aliphatic carbocycles. The number of amides is 2. The van der Waals surface area contributed by atoms with E-state index in [1.165, 1.54) is 16.9 Å². The molecular formula is C24H25ClN4O2S. The second-order valence-corrected chi connectivity index (χ2v) is 9.12. The van der Waals surface area contributed by atoms with E-state index < -0.39 is 0 Å². The summed E-state index contributed by atoms with van der Waals surface area (Å²) >= 11 is 7.47. The Morgan fingerprint density at radius 1 is 0.875 bits per heavy atom. The molecule has 166 valence electrons. The molecule has 32 heavy (non-hydrogen) atoms. The first-order valence-corrected chi connectivity index (χ1v) is 11.7. The topological polar surface area (TPSA) is 64.7 Å². The summed E-state index contributed by atoms with van der Waals surface area (Å²) in [6.45, 7) is 4.76. The Labute approximate surface area is 196 Å². The van der Waals surface area contributed by atoms with Gasteiger partial charge in [-0.1, -0.05) is 29.8 Å². The molecule has 3 aromatic rings. The number of hydrogen-bond acceptors (Lipinski definition) is 5. The number of hydrogen-bond donors (Lipinski definition) is 2. The first-order valence-electron chi connectivity index (χ1n) is 10.5. The zero-order valence-corrected chi connectivity index (χ0v) is 19.2. The molecule has 4 rings (SSSR count). The number of anilines is 2. The number of thiophene rings is 1. The molecule has 0 bridgehead atoms. The fourth-order valence-electron chi connectivity index (χ4n) is 3.64. The maximum absolute atomic E-state index is 12.5. The Morgan fingerprint density at radius 2 is 1.56 bits per heavy atom. The molecule has 0 atom stereocenters. The average Bonchev–Trinajstić information content (AvgIpc) is 3.32. The highest BCUT2D eigenvalue weighted by molar-refractivity contribution is 7.12. The Hall–Kier alpha value is -2.71. The third kappa shape index (κ3) is 6.40. The standard InChI is InChI=1S/C24H25ClN4O2S/c25-19-4-1-3-18(15-19)16-28-10-12-29(13-11-28)17-23(30)26-20-6-8-21(9-7-20)27-24(31)22-5-2-14-32-22/h1-9,14-15H,10-13,16-17H2,(H,26,30)(H,27,31). The SMILES string of the molecule is O=C(CN1CCN(Cc2cccc(Cl)c2)CC1)Nc1ccc(NC(=O)c2cccs2)cc1. The van der Waals surface area contributed by atoms with Gasteiger partial charge in [0.1, 0.15) is 0 Å². The van der Waals surface area contributed by atoms with Gasteiger partial charge in [-0.05, 0) is 53.4 Å². The molecule has 2 amide bonds. The van der Waals surface area contributed by atoms with Gasteiger partial charge in [-0.2, -0.15) is 0 Å². The molecule has 2 heterocycles. The molecular weight excluding hydrogens is 444 g/mol. The molecule has 1 aliphatic heterocycles. The Kier molecular flexibility index (Phi) is 7.55. The van der Waals surface area contributed by atoms with Crippen molar-refractivity contribution in [1.82, 2.24) is 9.80 Å². The highest BCUT2D eigenvalue weighted by Gasteiger charge is 2.19. The number of carbonyl (C=O) groups is 2. The number of benzene rings is 2. The molecule has 2 N–H and O–H groups in total. The van der Waals surface area contributed by atoms with Crippen LogP contribution in [0.5, 0.6) is 0 Å². The van der Waals surface area contributed by atoms with Crippen LogP contribution in [0, 0.1) is 0 Å². The smallest absolute Gasteiger partial charge is 0.265 e. The maximum atomic E-state index is 12.5. The summed E-state index contributed by atoms with van der Waals surface area (Å²) in [5.74, 6) is -0.171. The van der Waals surface area contributed by atoms with Crippen LogP contribution >= 0.6 is 22.9 Å². The number of nitrogens with one attached hydrogen (secondary N) is 2. The monoisotopic (exact) mass is 468 g/mol. The lowest BCUT2D eigenvalue weighted by Gasteiger charge is -2.34. The fraction of sp³-hybridized carbons (Fsp3) is 0.250. The van der Waals surface area contributed by atoms with Crippen LogP contribution in [0.15, 0.2) is 66.0 Å². The van der Waals surface area contributed by atoms with Crippen molar-refractivity contribution in [3.05, 3.63) is 81.5 Å². The van der Waals surface area contributed by atoms with Crippen LogP contribution in [0.25, 0.3) is 0 Å². The van der Waals surface area contributed by atoms with E-state index in [1.807, 2.05) is 29.6 Å². The normalized spacial score (nSPS) is 14.8. The number of nitrogens with zero attached hydrogens (tertiary/aromatic N) is 2. The van der Waals surface area contributed by atoms with E-state index in [-0.39, 0.29) is 11.8 Å². The first kappa shape index (κ1) is 22.5. The molecule has 1 fully saturated rings. The third-order valence-corrected chi connectivity index (χ3v) is 6.40. The zero-order valence-electron chi connectivity index (χ0n) is 17.6. The summed E-state index contributed by atoms with van der Waals surface area (Å²) in [6.07, 6.45) is 0. The number of halogens is 1. The Morgan fingerprint density at radius 3 is 2.22 bits per heavy atom. The van der Waals surface area contributed by atoms with E-state index in [9.17, 15) is 9.59 Å². The summed E-state index contributed by atoms with van der Waals surface area (Å²) in [5.41, 5.74) is 2.61. The van der Waals surface area contributed by atoms with Gasteiger partial charge in [0.2, 0.25) is 5.91 Å². The van der Waals surface area contributed by atoms with E-state index in [2.05, 4.69) is 26.5 Å². The van der Waals surface area contributed by atoms with E-state index in [4.69, 9.17) is 11.6 Å². The molecule has 1 aromatic heterocycles. The summed E-state index contributed by atoms with van der Waals surface area (Å²) < 4.78 is 0. The van der Waals surface area contributed by atoms with Gasteiger partial charge in [-0.15, -0.1) is 11.3 Å². The van der Waals surface area contributed by atoms with Gasteiger partial charge in [-0.3, -0.25) is 19.4 Å². The van der Waals surface area contributed by atoms with Crippen molar-refractivity contribution in [1.29, 1.82) is 0 Å². The number of carbonyl (C=O) groups excluding carboxylic acids is 2. The van der Waals surface area contributed by atoms with Crippen molar-refractivity contribution in [3.8, 4) is 0 Å². The molecule has 0 radical (unpaired) electrons. The van der Waals surface area contributed by atoms with Crippen LogP contribution in [0.2, 0.25) is 5.02 Å². The van der Waals surface area contributed by atoms with Crippen molar-refractivity contribution in [2.24, 2.45) is 0 Å².